The molecule has 1 aliphatic rings. The van der Waals surface area contributed by atoms with Crippen LogP contribution in [0.25, 0.3) is 4.96 Å². The van der Waals surface area contributed by atoms with Gasteiger partial charge in [-0.2, -0.15) is 4.52 Å². The van der Waals surface area contributed by atoms with Crippen molar-refractivity contribution in [1.29, 1.82) is 0 Å². The van der Waals surface area contributed by atoms with E-state index in [0.717, 1.165) is 41.0 Å². The Labute approximate surface area is 112 Å². The normalized spacial score (nSPS) is 15.7. The Kier molecular flexibility index (Phi) is 3.46. The van der Waals surface area contributed by atoms with Gasteiger partial charge in [0.05, 0.1) is 0 Å². The van der Waals surface area contributed by atoms with Gasteiger partial charge in [-0.15, -0.1) is 15.3 Å². The van der Waals surface area contributed by atoms with Crippen LogP contribution in [-0.4, -0.2) is 49.5 Å². The van der Waals surface area contributed by atoms with Crippen molar-refractivity contribution in [3.63, 3.8) is 0 Å². The standard InChI is InChI=1S/C10H13N5OS2/c16-8(14-4-1-2-5-14)3-6-17-10-13-15-7-11-12-9(15)18-10/h7H,1-6H2. The summed E-state index contributed by atoms with van der Waals surface area (Å²) in [6, 6.07) is 0. The molecule has 0 N–H and O–H groups in total. The first-order valence-electron chi connectivity index (χ1n) is 5.90. The molecular weight excluding hydrogens is 270 g/mol. The first kappa shape index (κ1) is 11.9. The van der Waals surface area contributed by atoms with Crippen LogP contribution >= 0.6 is 23.1 Å². The quantitative estimate of drug-likeness (QED) is 0.791. The van der Waals surface area contributed by atoms with Gasteiger partial charge < -0.3 is 4.90 Å². The summed E-state index contributed by atoms with van der Waals surface area (Å²) in [5, 5.41) is 12.0. The van der Waals surface area contributed by atoms with Crippen molar-refractivity contribution in [2.24, 2.45) is 0 Å². The van der Waals surface area contributed by atoms with Crippen molar-refractivity contribution in [2.45, 2.75) is 23.6 Å². The van der Waals surface area contributed by atoms with Crippen molar-refractivity contribution in [2.75, 3.05) is 18.8 Å². The number of hydrogen-bond donors (Lipinski definition) is 0. The van der Waals surface area contributed by atoms with E-state index in [-0.39, 0.29) is 5.91 Å². The Balaban J connectivity index is 1.49. The Bertz CT molecular complexity index is 517. The lowest BCUT2D eigenvalue weighted by Gasteiger charge is -2.14. The number of likely N-dealkylation sites (tertiary alicyclic amines) is 1. The zero-order valence-corrected chi connectivity index (χ0v) is 11.4. The Morgan fingerprint density at radius 2 is 2.28 bits per heavy atom. The number of nitrogens with zero attached hydrogens (tertiary/aromatic N) is 5. The second kappa shape index (κ2) is 5.23. The van der Waals surface area contributed by atoms with Crippen molar-refractivity contribution in [1.82, 2.24) is 24.7 Å². The lowest BCUT2D eigenvalue weighted by atomic mass is 10.4. The molecule has 2 aromatic rings. The zero-order chi connectivity index (χ0) is 12.4. The first-order valence-corrected chi connectivity index (χ1v) is 7.70. The Morgan fingerprint density at radius 1 is 1.44 bits per heavy atom. The fraction of sp³-hybridized carbons (Fsp3) is 0.600. The number of thioether (sulfide) groups is 1. The van der Waals surface area contributed by atoms with Gasteiger partial charge in [0.2, 0.25) is 10.9 Å². The first-order chi connectivity index (χ1) is 8.83. The van der Waals surface area contributed by atoms with Gasteiger partial charge in [-0.05, 0) is 12.8 Å². The minimum Gasteiger partial charge on any atom is -0.343 e. The summed E-state index contributed by atoms with van der Waals surface area (Å²) in [5.41, 5.74) is 0. The van der Waals surface area contributed by atoms with Crippen LogP contribution in [0.15, 0.2) is 10.7 Å². The molecule has 1 amide bonds. The second-order valence-corrected chi connectivity index (χ2v) is 6.41. The topological polar surface area (TPSA) is 63.4 Å². The maximum Gasteiger partial charge on any atom is 0.235 e. The van der Waals surface area contributed by atoms with Gasteiger partial charge in [0.25, 0.3) is 0 Å². The zero-order valence-electron chi connectivity index (χ0n) is 9.78. The molecule has 2 aromatic heterocycles. The summed E-state index contributed by atoms with van der Waals surface area (Å²) in [6.45, 7) is 1.86. The summed E-state index contributed by atoms with van der Waals surface area (Å²) in [4.78, 5) is 14.6. The number of carbonyl (C=O) groups excluding carboxylic acids is 1. The maximum atomic E-state index is 11.8. The molecule has 0 atom stereocenters. The van der Waals surface area contributed by atoms with E-state index < -0.39 is 0 Å². The summed E-state index contributed by atoms with van der Waals surface area (Å²) in [7, 11) is 0. The van der Waals surface area contributed by atoms with Crippen LogP contribution in [0, 0.1) is 0 Å². The average molecular weight is 283 g/mol. The van der Waals surface area contributed by atoms with Crippen LogP contribution in [0.5, 0.6) is 0 Å². The molecule has 1 fully saturated rings. The van der Waals surface area contributed by atoms with E-state index in [9.17, 15) is 4.79 Å². The van der Waals surface area contributed by atoms with Crippen LogP contribution in [0.3, 0.4) is 0 Å². The second-order valence-electron chi connectivity index (χ2n) is 4.11. The van der Waals surface area contributed by atoms with E-state index in [1.165, 1.54) is 11.3 Å². The van der Waals surface area contributed by atoms with E-state index in [4.69, 9.17) is 0 Å². The van der Waals surface area contributed by atoms with Gasteiger partial charge in [0, 0.05) is 25.3 Å². The largest absolute Gasteiger partial charge is 0.343 e. The smallest absolute Gasteiger partial charge is 0.235 e. The number of aromatic nitrogens is 4. The third kappa shape index (κ3) is 2.49. The minimum atomic E-state index is 0.267. The van der Waals surface area contributed by atoms with E-state index >= 15 is 0 Å². The molecule has 3 heterocycles. The van der Waals surface area contributed by atoms with Gasteiger partial charge in [0.1, 0.15) is 6.33 Å². The molecule has 3 rings (SSSR count). The molecule has 1 aliphatic heterocycles. The van der Waals surface area contributed by atoms with Crippen molar-refractivity contribution >= 4 is 34.0 Å². The SMILES string of the molecule is O=C(CCSc1nn2cnnc2s1)N1CCCC1. The lowest BCUT2D eigenvalue weighted by molar-refractivity contribution is -0.129. The molecule has 0 spiro atoms. The van der Waals surface area contributed by atoms with E-state index in [0.29, 0.717) is 6.42 Å². The molecular formula is C10H13N5OS2. The molecule has 1 saturated heterocycles. The highest BCUT2D eigenvalue weighted by molar-refractivity contribution is 8.01. The molecule has 0 aromatic carbocycles. The number of fused-ring (bicyclic) bond motifs is 1. The predicted molar refractivity (Wildman–Crippen MR) is 69.8 cm³/mol. The van der Waals surface area contributed by atoms with Crippen LogP contribution in [0.4, 0.5) is 0 Å². The lowest BCUT2D eigenvalue weighted by Crippen LogP contribution is -2.27. The summed E-state index contributed by atoms with van der Waals surface area (Å²) < 4.78 is 2.60. The number of rotatable bonds is 4. The number of hydrogen-bond acceptors (Lipinski definition) is 6. The number of carbonyl (C=O) groups is 1. The highest BCUT2D eigenvalue weighted by atomic mass is 32.2. The van der Waals surface area contributed by atoms with E-state index in [2.05, 4.69) is 15.3 Å². The third-order valence-corrected chi connectivity index (χ3v) is 4.92. The van der Waals surface area contributed by atoms with E-state index in [1.54, 1.807) is 22.6 Å². The molecule has 0 saturated carbocycles. The molecule has 18 heavy (non-hydrogen) atoms. The summed E-state index contributed by atoms with van der Waals surface area (Å²) >= 11 is 3.11. The van der Waals surface area contributed by atoms with Crippen LogP contribution in [-0.2, 0) is 4.79 Å². The molecule has 0 unspecified atom stereocenters. The summed E-state index contributed by atoms with van der Waals surface area (Å²) in [5.74, 6) is 1.04. The Hall–Kier alpha value is -1.15. The van der Waals surface area contributed by atoms with Crippen LogP contribution in [0.2, 0.25) is 0 Å². The molecule has 6 nitrogen and oxygen atoms in total. The van der Waals surface area contributed by atoms with E-state index in [1.807, 2.05) is 4.90 Å². The van der Waals surface area contributed by atoms with Crippen LogP contribution < -0.4 is 0 Å². The van der Waals surface area contributed by atoms with Crippen molar-refractivity contribution in [3.8, 4) is 0 Å². The highest BCUT2D eigenvalue weighted by Crippen LogP contribution is 2.24. The third-order valence-electron chi connectivity index (χ3n) is 2.87. The van der Waals surface area contributed by atoms with Gasteiger partial charge in [0.15, 0.2) is 4.34 Å². The fourth-order valence-corrected chi connectivity index (χ4v) is 3.81. The predicted octanol–water partition coefficient (Wildman–Crippen LogP) is 1.29. The monoisotopic (exact) mass is 283 g/mol. The summed E-state index contributed by atoms with van der Waals surface area (Å²) in [6.07, 6.45) is 4.47. The fourth-order valence-electron chi connectivity index (χ4n) is 1.95. The van der Waals surface area contributed by atoms with Gasteiger partial charge in [-0.3, -0.25) is 4.79 Å². The van der Waals surface area contributed by atoms with Crippen molar-refractivity contribution < 1.29 is 4.79 Å². The van der Waals surface area contributed by atoms with Crippen LogP contribution in [0.1, 0.15) is 19.3 Å². The molecule has 0 radical (unpaired) electrons. The van der Waals surface area contributed by atoms with Gasteiger partial charge in [-0.1, -0.05) is 23.1 Å². The van der Waals surface area contributed by atoms with Gasteiger partial charge in [-0.25, -0.2) is 0 Å². The molecule has 96 valence electrons. The highest BCUT2D eigenvalue weighted by Gasteiger charge is 2.17. The molecule has 8 heteroatoms. The average Bonchev–Trinajstić information content (AvgIpc) is 3.05. The molecule has 0 bridgehead atoms. The van der Waals surface area contributed by atoms with Gasteiger partial charge >= 0.3 is 0 Å². The Morgan fingerprint density at radius 3 is 3.06 bits per heavy atom. The minimum absolute atomic E-state index is 0.267. The maximum absolute atomic E-state index is 11.8. The van der Waals surface area contributed by atoms with Crippen molar-refractivity contribution in [3.05, 3.63) is 6.33 Å². The molecule has 0 aliphatic carbocycles. The number of amides is 1.